The van der Waals surface area contributed by atoms with Gasteiger partial charge < -0.3 is 4.74 Å². The number of hydrogen-bond donors (Lipinski definition) is 0. The van der Waals surface area contributed by atoms with Crippen LogP contribution >= 0.6 is 22.6 Å². The molecule has 0 aliphatic rings. The second-order valence-electron chi connectivity index (χ2n) is 3.87. The summed E-state index contributed by atoms with van der Waals surface area (Å²) in [7, 11) is 1.20. The van der Waals surface area contributed by atoms with Crippen LogP contribution in [0.15, 0.2) is 12.1 Å². The molecule has 2 rings (SSSR count). The fourth-order valence-corrected chi connectivity index (χ4v) is 2.18. The Bertz CT molecular complexity index is 677. The van der Waals surface area contributed by atoms with E-state index in [0.717, 1.165) is 16.8 Å². The first kappa shape index (κ1) is 14.8. The van der Waals surface area contributed by atoms with Gasteiger partial charge in [0, 0.05) is 12.1 Å². The maximum atomic E-state index is 13.2. The number of benzene rings is 1. The molecule has 0 atom stereocenters. The minimum atomic E-state index is -1.55. The second kappa shape index (κ2) is 5.43. The van der Waals surface area contributed by atoms with Gasteiger partial charge in [0.05, 0.1) is 22.1 Å². The van der Waals surface area contributed by atoms with Crippen molar-refractivity contribution in [2.24, 2.45) is 0 Å². The summed E-state index contributed by atoms with van der Waals surface area (Å²) in [5.74, 6) is -4.88. The first-order valence-corrected chi connectivity index (χ1v) is 6.43. The monoisotopic (exact) mass is 396 g/mol. The summed E-state index contributed by atoms with van der Waals surface area (Å²) < 4.78 is 45.6. The molecule has 1 aromatic heterocycles. The number of carbonyl (C=O) groups is 1. The lowest BCUT2D eigenvalue weighted by Gasteiger charge is -2.05. The molecule has 4 nitrogen and oxygen atoms in total. The van der Waals surface area contributed by atoms with E-state index in [1.807, 2.05) is 22.6 Å². The molecule has 0 spiro atoms. The summed E-state index contributed by atoms with van der Waals surface area (Å²) in [6, 6.07) is 1.60. The van der Waals surface area contributed by atoms with E-state index in [-0.39, 0.29) is 11.4 Å². The number of methoxy groups -OCH3 is 1. The van der Waals surface area contributed by atoms with Gasteiger partial charge in [-0.15, -0.1) is 0 Å². The fraction of sp³-hybridized carbons (Fsp3) is 0.167. The molecule has 8 heteroatoms. The molecular formula is C12H8F3IN2O2. The molecule has 0 N–H and O–H groups in total. The van der Waals surface area contributed by atoms with E-state index >= 15 is 0 Å². The lowest BCUT2D eigenvalue weighted by Crippen LogP contribution is -2.06. The molecule has 0 radical (unpaired) electrons. The highest BCUT2D eigenvalue weighted by Gasteiger charge is 2.21. The number of esters is 1. The van der Waals surface area contributed by atoms with Crippen LogP contribution in [0.5, 0.6) is 0 Å². The van der Waals surface area contributed by atoms with Crippen LogP contribution in [0, 0.1) is 27.9 Å². The zero-order chi connectivity index (χ0) is 15.0. The van der Waals surface area contributed by atoms with Crippen LogP contribution in [-0.4, -0.2) is 22.9 Å². The molecule has 106 valence electrons. The molecule has 0 aliphatic carbocycles. The SMILES string of the molecule is COC(=O)c1nn(-c2cc(F)c(F)c(F)c2)c(C)c1I. The van der Waals surface area contributed by atoms with E-state index in [1.54, 1.807) is 6.92 Å². The maximum Gasteiger partial charge on any atom is 0.359 e. The number of halogens is 4. The first-order chi connectivity index (χ1) is 9.36. The largest absolute Gasteiger partial charge is 0.464 e. The minimum Gasteiger partial charge on any atom is -0.464 e. The Kier molecular flexibility index (Phi) is 4.02. The van der Waals surface area contributed by atoms with Gasteiger partial charge >= 0.3 is 5.97 Å². The van der Waals surface area contributed by atoms with Crippen molar-refractivity contribution in [2.75, 3.05) is 7.11 Å². The lowest BCUT2D eigenvalue weighted by atomic mass is 10.3. The minimum absolute atomic E-state index is 0.0213. The van der Waals surface area contributed by atoms with Crippen molar-refractivity contribution in [2.45, 2.75) is 6.92 Å². The molecule has 0 bridgehead atoms. The fourth-order valence-electron chi connectivity index (χ4n) is 1.63. The van der Waals surface area contributed by atoms with Crippen molar-refractivity contribution >= 4 is 28.6 Å². The highest BCUT2D eigenvalue weighted by Crippen LogP contribution is 2.23. The van der Waals surface area contributed by atoms with Crippen molar-refractivity contribution in [3.05, 3.63) is 44.5 Å². The molecule has 0 saturated carbocycles. The van der Waals surface area contributed by atoms with Gasteiger partial charge in [0.25, 0.3) is 0 Å². The molecule has 2 aromatic rings. The summed E-state index contributed by atoms with van der Waals surface area (Å²) in [4.78, 5) is 11.5. The lowest BCUT2D eigenvalue weighted by molar-refractivity contribution is 0.0592. The molecule has 1 heterocycles. The van der Waals surface area contributed by atoms with Crippen LogP contribution in [-0.2, 0) is 4.74 Å². The van der Waals surface area contributed by atoms with Crippen LogP contribution in [0.4, 0.5) is 13.2 Å². The smallest absolute Gasteiger partial charge is 0.359 e. The molecule has 1 aromatic carbocycles. The van der Waals surface area contributed by atoms with E-state index in [2.05, 4.69) is 9.84 Å². The van der Waals surface area contributed by atoms with Gasteiger partial charge in [0.2, 0.25) is 0 Å². The van der Waals surface area contributed by atoms with Gasteiger partial charge in [-0.05, 0) is 29.5 Å². The molecule has 0 unspecified atom stereocenters. The third-order valence-electron chi connectivity index (χ3n) is 2.64. The quantitative estimate of drug-likeness (QED) is 0.446. The first-order valence-electron chi connectivity index (χ1n) is 5.35. The number of ether oxygens (including phenoxy) is 1. The topological polar surface area (TPSA) is 44.1 Å². The van der Waals surface area contributed by atoms with Crippen LogP contribution in [0.1, 0.15) is 16.2 Å². The number of nitrogens with zero attached hydrogens (tertiary/aromatic N) is 2. The Morgan fingerprint density at radius 3 is 2.35 bits per heavy atom. The van der Waals surface area contributed by atoms with Gasteiger partial charge in [-0.3, -0.25) is 0 Å². The van der Waals surface area contributed by atoms with E-state index in [1.165, 1.54) is 7.11 Å². The van der Waals surface area contributed by atoms with Crippen LogP contribution in [0.2, 0.25) is 0 Å². The Morgan fingerprint density at radius 2 is 1.85 bits per heavy atom. The van der Waals surface area contributed by atoms with Gasteiger partial charge in [-0.1, -0.05) is 0 Å². The Hall–Kier alpha value is -1.58. The highest BCUT2D eigenvalue weighted by atomic mass is 127. The van der Waals surface area contributed by atoms with Crippen molar-refractivity contribution in [1.29, 1.82) is 0 Å². The average Bonchev–Trinajstić information content (AvgIpc) is 2.71. The average molecular weight is 396 g/mol. The van der Waals surface area contributed by atoms with Crippen LogP contribution in [0.25, 0.3) is 5.69 Å². The second-order valence-corrected chi connectivity index (χ2v) is 4.95. The van der Waals surface area contributed by atoms with E-state index in [0.29, 0.717) is 9.26 Å². The van der Waals surface area contributed by atoms with E-state index < -0.39 is 23.4 Å². The Balaban J connectivity index is 2.62. The summed E-state index contributed by atoms with van der Waals surface area (Å²) in [6.07, 6.45) is 0. The third kappa shape index (κ3) is 2.39. The Morgan fingerprint density at radius 1 is 1.30 bits per heavy atom. The predicted octanol–water partition coefficient (Wildman–Crippen LogP) is 2.99. The van der Waals surface area contributed by atoms with Crippen molar-refractivity contribution in [1.82, 2.24) is 9.78 Å². The number of carbonyl (C=O) groups excluding carboxylic acids is 1. The molecule has 20 heavy (non-hydrogen) atoms. The maximum absolute atomic E-state index is 13.2. The van der Waals surface area contributed by atoms with Gasteiger partial charge in [0.15, 0.2) is 23.1 Å². The zero-order valence-electron chi connectivity index (χ0n) is 10.4. The molecule has 0 fully saturated rings. The van der Waals surface area contributed by atoms with E-state index in [9.17, 15) is 18.0 Å². The molecule has 0 amide bonds. The third-order valence-corrected chi connectivity index (χ3v) is 3.93. The summed E-state index contributed by atoms with van der Waals surface area (Å²) in [6.45, 7) is 1.61. The summed E-state index contributed by atoms with van der Waals surface area (Å²) in [5.41, 5.74) is 0.485. The van der Waals surface area contributed by atoms with Crippen molar-refractivity contribution < 1.29 is 22.7 Å². The summed E-state index contributed by atoms with van der Waals surface area (Å²) >= 11 is 1.87. The normalized spacial score (nSPS) is 10.7. The van der Waals surface area contributed by atoms with Crippen LogP contribution < -0.4 is 0 Å². The number of rotatable bonds is 2. The molecule has 0 saturated heterocycles. The summed E-state index contributed by atoms with van der Waals surface area (Å²) in [5, 5.41) is 3.94. The number of aromatic nitrogens is 2. The molecular weight excluding hydrogens is 388 g/mol. The molecule has 0 aliphatic heterocycles. The Labute approximate surface area is 125 Å². The number of hydrogen-bond acceptors (Lipinski definition) is 3. The highest BCUT2D eigenvalue weighted by molar-refractivity contribution is 14.1. The van der Waals surface area contributed by atoms with Gasteiger partial charge in [-0.25, -0.2) is 22.6 Å². The zero-order valence-corrected chi connectivity index (χ0v) is 12.5. The van der Waals surface area contributed by atoms with Crippen molar-refractivity contribution in [3.63, 3.8) is 0 Å². The van der Waals surface area contributed by atoms with Gasteiger partial charge in [0.1, 0.15) is 0 Å². The van der Waals surface area contributed by atoms with Crippen LogP contribution in [0.3, 0.4) is 0 Å². The van der Waals surface area contributed by atoms with Crippen molar-refractivity contribution in [3.8, 4) is 5.69 Å². The standard InChI is InChI=1S/C12H8F3IN2O2/c1-5-10(16)11(12(19)20-2)17-18(5)6-3-7(13)9(15)8(14)4-6/h3-4H,1-2H3. The predicted molar refractivity (Wildman–Crippen MR) is 72.2 cm³/mol. The van der Waals surface area contributed by atoms with E-state index in [4.69, 9.17) is 0 Å². The van der Waals surface area contributed by atoms with Gasteiger partial charge in [-0.2, -0.15) is 5.10 Å².